The number of rotatable bonds is 6. The molecule has 0 radical (unpaired) electrons. The molecule has 2 saturated heterocycles. The van der Waals surface area contributed by atoms with E-state index >= 15 is 0 Å². The van der Waals surface area contributed by atoms with Gasteiger partial charge in [-0.1, -0.05) is 91.0 Å². The lowest BCUT2D eigenvalue weighted by molar-refractivity contribution is 0.173. The molecule has 0 bridgehead atoms. The molecule has 2 nitrogen and oxygen atoms in total. The second-order valence-corrected chi connectivity index (χ2v) is 9.80. The van der Waals surface area contributed by atoms with Gasteiger partial charge >= 0.3 is 0 Å². The Balaban J connectivity index is 1.27. The Labute approximate surface area is 193 Å². The molecule has 0 aromatic heterocycles. The summed E-state index contributed by atoms with van der Waals surface area (Å²) in [5.74, 6) is 2.04. The van der Waals surface area contributed by atoms with Crippen molar-refractivity contribution in [2.45, 2.75) is 37.6 Å². The first kappa shape index (κ1) is 21.4. The van der Waals surface area contributed by atoms with Crippen molar-refractivity contribution in [1.82, 2.24) is 9.80 Å². The van der Waals surface area contributed by atoms with E-state index in [0.29, 0.717) is 17.9 Å². The number of piperidine rings is 1. The van der Waals surface area contributed by atoms with Gasteiger partial charge in [-0.15, -0.1) is 0 Å². The van der Waals surface area contributed by atoms with Gasteiger partial charge in [0, 0.05) is 31.6 Å². The smallest absolute Gasteiger partial charge is 0.0320 e. The van der Waals surface area contributed by atoms with Crippen LogP contribution in [0.25, 0.3) is 0 Å². The molecule has 0 saturated carbocycles. The van der Waals surface area contributed by atoms with Crippen LogP contribution >= 0.6 is 0 Å². The van der Waals surface area contributed by atoms with Crippen LogP contribution in [-0.4, -0.2) is 42.5 Å². The molecular weight excluding hydrogens is 388 g/mol. The van der Waals surface area contributed by atoms with Crippen molar-refractivity contribution in [1.29, 1.82) is 0 Å². The van der Waals surface area contributed by atoms with Gasteiger partial charge in [0.05, 0.1) is 0 Å². The minimum Gasteiger partial charge on any atom is -0.303 e. The fourth-order valence-electron chi connectivity index (χ4n) is 5.93. The second kappa shape index (κ2) is 10.0. The van der Waals surface area contributed by atoms with Crippen LogP contribution in [0.2, 0.25) is 0 Å². The number of nitrogens with zero attached hydrogens (tertiary/aromatic N) is 2. The van der Waals surface area contributed by atoms with E-state index < -0.39 is 0 Å². The first-order valence-electron chi connectivity index (χ1n) is 12.4. The zero-order chi connectivity index (χ0) is 21.8. The standard InChI is InChI=1S/C30H36N2/c1-24(25-11-5-2-6-12-25)32-22-29(30(23-32)28-15-9-4-10-16-28)21-31-19-17-27(18-20-31)26-13-7-3-8-14-26/h2-16,24,27,29-30H,17-23H2,1H3/t24?,29-,30?/m0/s1. The molecule has 5 rings (SSSR count). The molecule has 3 atom stereocenters. The highest BCUT2D eigenvalue weighted by atomic mass is 15.2. The molecule has 3 aromatic rings. The Bertz CT molecular complexity index is 948. The lowest BCUT2D eigenvalue weighted by Gasteiger charge is -2.35. The van der Waals surface area contributed by atoms with Crippen LogP contribution in [0.4, 0.5) is 0 Å². The van der Waals surface area contributed by atoms with Gasteiger partial charge in [-0.25, -0.2) is 0 Å². The summed E-state index contributed by atoms with van der Waals surface area (Å²) in [4.78, 5) is 5.46. The van der Waals surface area contributed by atoms with Gasteiger partial charge < -0.3 is 4.90 Å². The number of hydrogen-bond acceptors (Lipinski definition) is 2. The van der Waals surface area contributed by atoms with Gasteiger partial charge in [0.2, 0.25) is 0 Å². The lowest BCUT2D eigenvalue weighted by atomic mass is 9.86. The van der Waals surface area contributed by atoms with Crippen LogP contribution in [0.1, 0.15) is 54.3 Å². The SMILES string of the molecule is CC(c1ccccc1)N1CC(c2ccccc2)[C@@H](CN2CCC(c3ccccc3)CC2)C1. The first-order chi connectivity index (χ1) is 15.8. The quantitative estimate of drug-likeness (QED) is 0.455. The van der Waals surface area contributed by atoms with E-state index in [1.807, 2.05) is 0 Å². The average molecular weight is 425 g/mol. The Hall–Kier alpha value is -2.42. The van der Waals surface area contributed by atoms with Gasteiger partial charge in [0.15, 0.2) is 0 Å². The molecule has 0 aliphatic carbocycles. The van der Waals surface area contributed by atoms with Crippen molar-refractivity contribution in [3.63, 3.8) is 0 Å². The fourth-order valence-corrected chi connectivity index (χ4v) is 5.93. The van der Waals surface area contributed by atoms with Crippen LogP contribution in [0.3, 0.4) is 0 Å². The monoisotopic (exact) mass is 424 g/mol. The maximum Gasteiger partial charge on any atom is 0.0320 e. The van der Waals surface area contributed by atoms with E-state index in [2.05, 4.69) is 108 Å². The number of likely N-dealkylation sites (tertiary alicyclic amines) is 2. The molecule has 2 aliphatic rings. The topological polar surface area (TPSA) is 6.48 Å². The molecule has 2 unspecified atom stereocenters. The van der Waals surface area contributed by atoms with E-state index in [4.69, 9.17) is 0 Å². The summed E-state index contributed by atoms with van der Waals surface area (Å²) in [7, 11) is 0. The largest absolute Gasteiger partial charge is 0.303 e. The van der Waals surface area contributed by atoms with Gasteiger partial charge in [0.25, 0.3) is 0 Å². The molecule has 3 aromatic carbocycles. The van der Waals surface area contributed by atoms with Crippen LogP contribution in [0.5, 0.6) is 0 Å². The summed E-state index contributed by atoms with van der Waals surface area (Å²) in [6.45, 7) is 8.40. The summed E-state index contributed by atoms with van der Waals surface area (Å²) in [6, 6.07) is 33.9. The molecule has 2 fully saturated rings. The molecule has 166 valence electrons. The van der Waals surface area contributed by atoms with Crippen LogP contribution in [0.15, 0.2) is 91.0 Å². The molecule has 2 heteroatoms. The van der Waals surface area contributed by atoms with E-state index in [9.17, 15) is 0 Å². The lowest BCUT2D eigenvalue weighted by Crippen LogP contribution is -2.38. The van der Waals surface area contributed by atoms with Crippen molar-refractivity contribution in [3.8, 4) is 0 Å². The molecule has 0 amide bonds. The van der Waals surface area contributed by atoms with Gasteiger partial charge in [-0.2, -0.15) is 0 Å². The molecule has 0 spiro atoms. The van der Waals surface area contributed by atoms with Crippen molar-refractivity contribution < 1.29 is 0 Å². The number of benzene rings is 3. The van der Waals surface area contributed by atoms with Crippen LogP contribution in [-0.2, 0) is 0 Å². The third kappa shape index (κ3) is 4.82. The molecule has 32 heavy (non-hydrogen) atoms. The molecule has 2 aliphatic heterocycles. The number of hydrogen-bond donors (Lipinski definition) is 0. The summed E-state index contributed by atoms with van der Waals surface area (Å²) >= 11 is 0. The first-order valence-corrected chi connectivity index (χ1v) is 12.4. The third-order valence-electron chi connectivity index (χ3n) is 7.88. The fraction of sp³-hybridized carbons (Fsp3) is 0.400. The predicted octanol–water partition coefficient (Wildman–Crippen LogP) is 6.34. The highest BCUT2D eigenvalue weighted by Crippen LogP contribution is 2.38. The van der Waals surface area contributed by atoms with Crippen molar-refractivity contribution in [2.24, 2.45) is 5.92 Å². The van der Waals surface area contributed by atoms with Crippen molar-refractivity contribution >= 4 is 0 Å². The Morgan fingerprint density at radius 1 is 0.719 bits per heavy atom. The summed E-state index contributed by atoms with van der Waals surface area (Å²) in [5.41, 5.74) is 4.47. The molecular formula is C30H36N2. The van der Waals surface area contributed by atoms with E-state index in [0.717, 1.165) is 12.5 Å². The Kier molecular flexibility index (Phi) is 6.71. The summed E-state index contributed by atoms with van der Waals surface area (Å²) in [6.07, 6.45) is 2.58. The normalized spacial score (nSPS) is 23.9. The Morgan fingerprint density at radius 2 is 1.28 bits per heavy atom. The van der Waals surface area contributed by atoms with Crippen LogP contribution in [0, 0.1) is 5.92 Å². The third-order valence-corrected chi connectivity index (χ3v) is 7.88. The highest BCUT2D eigenvalue weighted by Gasteiger charge is 2.37. The second-order valence-electron chi connectivity index (χ2n) is 9.80. The van der Waals surface area contributed by atoms with Gasteiger partial charge in [0.1, 0.15) is 0 Å². The zero-order valence-corrected chi connectivity index (χ0v) is 19.3. The molecule has 2 heterocycles. The minimum atomic E-state index is 0.469. The zero-order valence-electron chi connectivity index (χ0n) is 19.3. The Morgan fingerprint density at radius 3 is 1.91 bits per heavy atom. The van der Waals surface area contributed by atoms with Crippen LogP contribution < -0.4 is 0 Å². The average Bonchev–Trinajstić information content (AvgIpc) is 3.29. The predicted molar refractivity (Wildman–Crippen MR) is 134 cm³/mol. The summed E-state index contributed by atoms with van der Waals surface area (Å²) < 4.78 is 0. The van der Waals surface area contributed by atoms with Crippen molar-refractivity contribution in [2.75, 3.05) is 32.7 Å². The summed E-state index contributed by atoms with van der Waals surface area (Å²) in [5, 5.41) is 0. The van der Waals surface area contributed by atoms with Crippen molar-refractivity contribution in [3.05, 3.63) is 108 Å². The van der Waals surface area contributed by atoms with Gasteiger partial charge in [-0.05, 0) is 61.4 Å². The minimum absolute atomic E-state index is 0.469. The maximum atomic E-state index is 2.75. The maximum absolute atomic E-state index is 2.75. The highest BCUT2D eigenvalue weighted by molar-refractivity contribution is 5.25. The molecule has 0 N–H and O–H groups in total. The van der Waals surface area contributed by atoms with E-state index in [1.54, 1.807) is 0 Å². The van der Waals surface area contributed by atoms with Gasteiger partial charge in [-0.3, -0.25) is 4.90 Å². The van der Waals surface area contributed by atoms with E-state index in [1.165, 1.54) is 55.7 Å². The van der Waals surface area contributed by atoms with E-state index in [-0.39, 0.29) is 0 Å².